The molecule has 0 fully saturated rings. The maximum Gasteiger partial charge on any atom is 0.135 e. The SMILES string of the molecule is CC(C)c1c(N)ncnc1NCc1cccnc1. The van der Waals surface area contributed by atoms with Crippen molar-refractivity contribution in [3.8, 4) is 0 Å². The fourth-order valence-electron chi connectivity index (χ4n) is 1.81. The largest absolute Gasteiger partial charge is 0.383 e. The molecule has 0 atom stereocenters. The maximum atomic E-state index is 5.89. The molecule has 0 saturated heterocycles. The summed E-state index contributed by atoms with van der Waals surface area (Å²) in [5.74, 6) is 1.61. The highest BCUT2D eigenvalue weighted by Crippen LogP contribution is 2.26. The first-order valence-electron chi connectivity index (χ1n) is 5.91. The summed E-state index contributed by atoms with van der Waals surface area (Å²) in [6, 6.07) is 3.92. The van der Waals surface area contributed by atoms with Crippen molar-refractivity contribution in [3.05, 3.63) is 42.0 Å². The van der Waals surface area contributed by atoms with Gasteiger partial charge in [0.1, 0.15) is 18.0 Å². The Morgan fingerprint density at radius 1 is 1.33 bits per heavy atom. The minimum Gasteiger partial charge on any atom is -0.383 e. The molecule has 2 heterocycles. The second-order valence-electron chi connectivity index (χ2n) is 4.39. The number of rotatable bonds is 4. The van der Waals surface area contributed by atoms with E-state index in [2.05, 4.69) is 34.1 Å². The average molecular weight is 243 g/mol. The van der Waals surface area contributed by atoms with Gasteiger partial charge in [-0.1, -0.05) is 19.9 Å². The van der Waals surface area contributed by atoms with E-state index in [1.54, 1.807) is 6.20 Å². The number of nitrogen functional groups attached to an aromatic ring is 1. The quantitative estimate of drug-likeness (QED) is 0.860. The van der Waals surface area contributed by atoms with Crippen LogP contribution in [-0.4, -0.2) is 15.0 Å². The van der Waals surface area contributed by atoms with Crippen LogP contribution in [0.1, 0.15) is 30.9 Å². The molecule has 0 saturated carbocycles. The van der Waals surface area contributed by atoms with Gasteiger partial charge in [-0.25, -0.2) is 9.97 Å². The average Bonchev–Trinajstić information content (AvgIpc) is 2.37. The summed E-state index contributed by atoms with van der Waals surface area (Å²) >= 11 is 0. The van der Waals surface area contributed by atoms with Crippen LogP contribution < -0.4 is 11.1 Å². The van der Waals surface area contributed by atoms with E-state index in [0.717, 1.165) is 16.9 Å². The molecule has 0 amide bonds. The molecule has 5 heteroatoms. The fraction of sp³-hybridized carbons (Fsp3) is 0.308. The third kappa shape index (κ3) is 2.74. The zero-order valence-corrected chi connectivity index (χ0v) is 10.6. The van der Waals surface area contributed by atoms with Crippen LogP contribution in [0.5, 0.6) is 0 Å². The molecule has 0 aromatic carbocycles. The number of anilines is 2. The Morgan fingerprint density at radius 2 is 2.17 bits per heavy atom. The molecule has 2 aromatic rings. The molecule has 0 aliphatic carbocycles. The molecule has 5 nitrogen and oxygen atoms in total. The molecular weight excluding hydrogens is 226 g/mol. The normalized spacial score (nSPS) is 10.6. The van der Waals surface area contributed by atoms with Crippen LogP contribution in [0.25, 0.3) is 0 Å². The summed E-state index contributed by atoms with van der Waals surface area (Å²) in [4.78, 5) is 12.4. The molecule has 0 bridgehead atoms. The molecule has 0 aliphatic rings. The monoisotopic (exact) mass is 243 g/mol. The van der Waals surface area contributed by atoms with Crippen molar-refractivity contribution in [2.45, 2.75) is 26.3 Å². The topological polar surface area (TPSA) is 76.7 Å². The lowest BCUT2D eigenvalue weighted by molar-refractivity contribution is 0.849. The van der Waals surface area contributed by atoms with Crippen LogP contribution in [0, 0.1) is 0 Å². The van der Waals surface area contributed by atoms with Crippen LogP contribution in [0.15, 0.2) is 30.9 Å². The van der Waals surface area contributed by atoms with Crippen molar-refractivity contribution in [3.63, 3.8) is 0 Å². The van der Waals surface area contributed by atoms with Gasteiger partial charge in [-0.3, -0.25) is 4.98 Å². The Labute approximate surface area is 106 Å². The van der Waals surface area contributed by atoms with Crippen molar-refractivity contribution in [1.29, 1.82) is 0 Å². The lowest BCUT2D eigenvalue weighted by atomic mass is 10.0. The second kappa shape index (κ2) is 5.44. The summed E-state index contributed by atoms with van der Waals surface area (Å²) in [6.45, 7) is 4.82. The molecule has 18 heavy (non-hydrogen) atoms. The summed E-state index contributed by atoms with van der Waals surface area (Å²) in [6.07, 6.45) is 5.06. The predicted octanol–water partition coefficient (Wildman–Crippen LogP) is 2.19. The van der Waals surface area contributed by atoms with Crippen LogP contribution >= 0.6 is 0 Å². The fourth-order valence-corrected chi connectivity index (χ4v) is 1.81. The van der Waals surface area contributed by atoms with E-state index in [4.69, 9.17) is 5.73 Å². The summed E-state index contributed by atoms with van der Waals surface area (Å²) < 4.78 is 0. The van der Waals surface area contributed by atoms with Gasteiger partial charge in [-0.15, -0.1) is 0 Å². The van der Waals surface area contributed by atoms with Crippen molar-refractivity contribution >= 4 is 11.6 Å². The zero-order chi connectivity index (χ0) is 13.0. The third-order valence-electron chi connectivity index (χ3n) is 2.67. The number of nitrogens with one attached hydrogen (secondary N) is 1. The Morgan fingerprint density at radius 3 is 2.83 bits per heavy atom. The Balaban J connectivity index is 2.17. The highest BCUT2D eigenvalue weighted by molar-refractivity contribution is 5.56. The maximum absolute atomic E-state index is 5.89. The van der Waals surface area contributed by atoms with Crippen molar-refractivity contribution in [1.82, 2.24) is 15.0 Å². The minimum atomic E-state index is 0.280. The number of pyridine rings is 1. The lowest BCUT2D eigenvalue weighted by Gasteiger charge is -2.14. The van der Waals surface area contributed by atoms with E-state index in [1.807, 2.05) is 18.3 Å². The predicted molar refractivity (Wildman–Crippen MR) is 72.1 cm³/mol. The highest BCUT2D eigenvalue weighted by Gasteiger charge is 2.12. The highest BCUT2D eigenvalue weighted by atomic mass is 15.0. The van der Waals surface area contributed by atoms with E-state index in [1.165, 1.54) is 6.33 Å². The van der Waals surface area contributed by atoms with Gasteiger partial charge < -0.3 is 11.1 Å². The zero-order valence-electron chi connectivity index (χ0n) is 10.6. The number of hydrogen-bond acceptors (Lipinski definition) is 5. The van der Waals surface area contributed by atoms with Gasteiger partial charge in [0.25, 0.3) is 0 Å². The van der Waals surface area contributed by atoms with Gasteiger partial charge >= 0.3 is 0 Å². The molecule has 94 valence electrons. The first-order chi connectivity index (χ1) is 8.68. The van der Waals surface area contributed by atoms with E-state index >= 15 is 0 Å². The second-order valence-corrected chi connectivity index (χ2v) is 4.39. The number of aromatic nitrogens is 3. The first kappa shape index (κ1) is 12.3. The summed E-state index contributed by atoms with van der Waals surface area (Å²) in [5, 5.41) is 3.28. The van der Waals surface area contributed by atoms with E-state index in [0.29, 0.717) is 12.4 Å². The van der Waals surface area contributed by atoms with Gasteiger partial charge in [0.05, 0.1) is 0 Å². The van der Waals surface area contributed by atoms with Crippen molar-refractivity contribution in [2.75, 3.05) is 11.1 Å². The van der Waals surface area contributed by atoms with Crippen molar-refractivity contribution in [2.24, 2.45) is 0 Å². The van der Waals surface area contributed by atoms with Gasteiger partial charge in [0, 0.05) is 24.5 Å². The van der Waals surface area contributed by atoms with Gasteiger partial charge in [0.2, 0.25) is 0 Å². The van der Waals surface area contributed by atoms with Crippen LogP contribution in [0.4, 0.5) is 11.6 Å². The molecule has 0 radical (unpaired) electrons. The third-order valence-corrected chi connectivity index (χ3v) is 2.67. The number of nitrogens with zero attached hydrogens (tertiary/aromatic N) is 3. The molecule has 2 rings (SSSR count). The molecule has 0 aliphatic heterocycles. The van der Waals surface area contributed by atoms with Gasteiger partial charge in [0.15, 0.2) is 0 Å². The molecule has 0 unspecified atom stereocenters. The van der Waals surface area contributed by atoms with E-state index in [-0.39, 0.29) is 5.92 Å². The smallest absolute Gasteiger partial charge is 0.135 e. The van der Waals surface area contributed by atoms with Crippen molar-refractivity contribution < 1.29 is 0 Å². The molecule has 2 aromatic heterocycles. The van der Waals surface area contributed by atoms with Gasteiger partial charge in [-0.2, -0.15) is 0 Å². The molecule has 3 N–H and O–H groups in total. The van der Waals surface area contributed by atoms with Gasteiger partial charge in [-0.05, 0) is 17.5 Å². The first-order valence-corrected chi connectivity index (χ1v) is 5.91. The van der Waals surface area contributed by atoms with Crippen LogP contribution in [0.2, 0.25) is 0 Å². The summed E-state index contributed by atoms with van der Waals surface area (Å²) in [5.41, 5.74) is 7.95. The van der Waals surface area contributed by atoms with Crippen LogP contribution in [-0.2, 0) is 6.54 Å². The Bertz CT molecular complexity index is 510. The Hall–Kier alpha value is -2.17. The molecule has 0 spiro atoms. The standard InChI is InChI=1S/C13H17N5/c1-9(2)11-12(14)17-8-18-13(11)16-7-10-4-3-5-15-6-10/h3-6,8-9H,7H2,1-2H3,(H3,14,16,17,18). The number of nitrogens with two attached hydrogens (primary N) is 1. The lowest BCUT2D eigenvalue weighted by Crippen LogP contribution is -2.09. The van der Waals surface area contributed by atoms with E-state index in [9.17, 15) is 0 Å². The van der Waals surface area contributed by atoms with Crippen LogP contribution in [0.3, 0.4) is 0 Å². The van der Waals surface area contributed by atoms with E-state index < -0.39 is 0 Å². The summed E-state index contributed by atoms with van der Waals surface area (Å²) in [7, 11) is 0. The minimum absolute atomic E-state index is 0.280. The molecular formula is C13H17N5. The Kier molecular flexibility index (Phi) is 3.72. The number of hydrogen-bond donors (Lipinski definition) is 2.